The molecule has 2 N–H and O–H groups in total. The number of thioether (sulfide) groups is 1. The normalized spacial score (nSPS) is 34.2. The SMILES string of the molecule is C=CCN(C(=O)C1N(CCCO)C(=O)[C@@H]2[C@@H](C(=O)O)[C@H]3CCC12S3)C(C)C. The largest absolute Gasteiger partial charge is 0.481 e. The average molecular weight is 397 g/mol. The first-order valence-corrected chi connectivity index (χ1v) is 10.4. The first-order chi connectivity index (χ1) is 12.8. The first kappa shape index (κ1) is 20.2. The topological polar surface area (TPSA) is 98.2 Å². The Bertz CT molecular complexity index is 654. The van der Waals surface area contributed by atoms with Gasteiger partial charge in [0.2, 0.25) is 11.8 Å². The number of carbonyl (C=O) groups excluding carboxylic acids is 2. The summed E-state index contributed by atoms with van der Waals surface area (Å²) in [5, 5.41) is 18.9. The molecule has 150 valence electrons. The fourth-order valence-corrected chi connectivity index (χ4v) is 7.25. The Balaban J connectivity index is 2.03. The smallest absolute Gasteiger partial charge is 0.308 e. The quantitative estimate of drug-likeness (QED) is 0.593. The van der Waals surface area contributed by atoms with Crippen LogP contribution in [-0.4, -0.2) is 79.6 Å². The highest BCUT2D eigenvalue weighted by atomic mass is 32.2. The van der Waals surface area contributed by atoms with Crippen LogP contribution < -0.4 is 0 Å². The van der Waals surface area contributed by atoms with Crippen molar-refractivity contribution in [2.24, 2.45) is 11.8 Å². The van der Waals surface area contributed by atoms with Crippen LogP contribution in [0, 0.1) is 11.8 Å². The van der Waals surface area contributed by atoms with Gasteiger partial charge in [-0.25, -0.2) is 0 Å². The lowest BCUT2D eigenvalue weighted by molar-refractivity contribution is -0.148. The van der Waals surface area contributed by atoms with Gasteiger partial charge in [0.1, 0.15) is 6.04 Å². The van der Waals surface area contributed by atoms with Crippen LogP contribution >= 0.6 is 11.8 Å². The van der Waals surface area contributed by atoms with Gasteiger partial charge in [-0.3, -0.25) is 14.4 Å². The van der Waals surface area contributed by atoms with Crippen LogP contribution in [0.3, 0.4) is 0 Å². The van der Waals surface area contributed by atoms with E-state index >= 15 is 0 Å². The van der Waals surface area contributed by atoms with Crippen molar-refractivity contribution in [2.45, 2.75) is 55.2 Å². The third-order valence-electron chi connectivity index (χ3n) is 6.11. The van der Waals surface area contributed by atoms with Crippen LogP contribution in [-0.2, 0) is 14.4 Å². The summed E-state index contributed by atoms with van der Waals surface area (Å²) in [7, 11) is 0. The molecule has 3 heterocycles. The van der Waals surface area contributed by atoms with Crippen LogP contribution in [0.4, 0.5) is 0 Å². The Labute approximate surface area is 163 Å². The molecule has 3 fully saturated rings. The van der Waals surface area contributed by atoms with Crippen molar-refractivity contribution >= 4 is 29.5 Å². The predicted molar refractivity (Wildman–Crippen MR) is 102 cm³/mol. The summed E-state index contributed by atoms with van der Waals surface area (Å²) in [4.78, 5) is 41.9. The van der Waals surface area contributed by atoms with E-state index in [1.807, 2.05) is 13.8 Å². The van der Waals surface area contributed by atoms with E-state index < -0.39 is 28.6 Å². The second-order valence-corrected chi connectivity index (χ2v) is 9.48. The van der Waals surface area contributed by atoms with Crippen molar-refractivity contribution in [1.29, 1.82) is 0 Å². The Hall–Kier alpha value is -1.54. The van der Waals surface area contributed by atoms with Crippen LogP contribution in [0.25, 0.3) is 0 Å². The minimum Gasteiger partial charge on any atom is -0.481 e. The molecule has 8 heteroatoms. The van der Waals surface area contributed by atoms with Crippen molar-refractivity contribution < 1.29 is 24.6 Å². The highest BCUT2D eigenvalue weighted by Gasteiger charge is 2.73. The average Bonchev–Trinajstić information content (AvgIpc) is 3.24. The molecule has 3 rings (SSSR count). The van der Waals surface area contributed by atoms with Crippen molar-refractivity contribution in [1.82, 2.24) is 9.80 Å². The van der Waals surface area contributed by atoms with E-state index in [0.29, 0.717) is 25.8 Å². The van der Waals surface area contributed by atoms with Crippen molar-refractivity contribution in [3.8, 4) is 0 Å². The first-order valence-electron chi connectivity index (χ1n) is 9.53. The third kappa shape index (κ3) is 2.97. The monoisotopic (exact) mass is 396 g/mol. The number of nitrogens with zero attached hydrogens (tertiary/aromatic N) is 2. The van der Waals surface area contributed by atoms with Gasteiger partial charge in [-0.1, -0.05) is 6.08 Å². The zero-order valence-corrected chi connectivity index (χ0v) is 16.7. The fourth-order valence-electron chi connectivity index (χ4n) is 5.05. The molecule has 3 aliphatic rings. The maximum Gasteiger partial charge on any atom is 0.308 e. The molecule has 7 nitrogen and oxygen atoms in total. The van der Waals surface area contributed by atoms with Gasteiger partial charge >= 0.3 is 5.97 Å². The molecular weight excluding hydrogens is 368 g/mol. The van der Waals surface area contributed by atoms with E-state index in [0.717, 1.165) is 0 Å². The number of aliphatic hydroxyl groups excluding tert-OH is 1. The number of amides is 2. The molecule has 27 heavy (non-hydrogen) atoms. The highest BCUT2D eigenvalue weighted by molar-refractivity contribution is 8.02. The lowest BCUT2D eigenvalue weighted by Gasteiger charge is -2.38. The Morgan fingerprint density at radius 3 is 2.74 bits per heavy atom. The molecule has 0 saturated carbocycles. The molecule has 2 bridgehead atoms. The number of carboxylic acid groups (broad SMARTS) is 1. The Morgan fingerprint density at radius 2 is 2.19 bits per heavy atom. The van der Waals surface area contributed by atoms with Gasteiger partial charge in [0.25, 0.3) is 0 Å². The zero-order chi connectivity index (χ0) is 19.9. The van der Waals surface area contributed by atoms with E-state index in [-0.39, 0.29) is 36.3 Å². The maximum atomic E-state index is 13.6. The number of hydrogen-bond acceptors (Lipinski definition) is 5. The summed E-state index contributed by atoms with van der Waals surface area (Å²) in [5.74, 6) is -2.74. The number of hydrogen-bond donors (Lipinski definition) is 2. The van der Waals surface area contributed by atoms with Crippen molar-refractivity contribution in [3.63, 3.8) is 0 Å². The molecule has 2 amide bonds. The van der Waals surface area contributed by atoms with E-state index in [1.165, 1.54) is 11.8 Å². The van der Waals surface area contributed by atoms with Crippen LogP contribution in [0.1, 0.15) is 33.1 Å². The summed E-state index contributed by atoms with van der Waals surface area (Å²) >= 11 is 1.53. The minimum atomic E-state index is -0.950. The van der Waals surface area contributed by atoms with Crippen LogP contribution in [0.5, 0.6) is 0 Å². The number of rotatable bonds is 8. The van der Waals surface area contributed by atoms with Gasteiger partial charge in [-0.2, -0.15) is 0 Å². The number of likely N-dealkylation sites (tertiary alicyclic amines) is 1. The highest BCUT2D eigenvalue weighted by Crippen LogP contribution is 2.66. The molecule has 2 unspecified atom stereocenters. The second-order valence-electron chi connectivity index (χ2n) is 7.88. The number of aliphatic carboxylic acids is 1. The molecule has 3 saturated heterocycles. The molecule has 0 aromatic heterocycles. The number of aliphatic hydroxyl groups is 1. The van der Waals surface area contributed by atoms with Gasteiger partial charge in [0.05, 0.1) is 16.6 Å². The summed E-state index contributed by atoms with van der Waals surface area (Å²) in [6, 6.07) is -0.733. The molecule has 0 aliphatic carbocycles. The maximum absolute atomic E-state index is 13.6. The van der Waals surface area contributed by atoms with Gasteiger partial charge in [-0.05, 0) is 33.1 Å². The van der Waals surface area contributed by atoms with Gasteiger partial charge in [0, 0.05) is 31.0 Å². The molecular formula is C19H28N2O5S. The predicted octanol–water partition coefficient (Wildman–Crippen LogP) is 0.968. The van der Waals surface area contributed by atoms with E-state index in [2.05, 4.69) is 6.58 Å². The van der Waals surface area contributed by atoms with Gasteiger partial charge in [0.15, 0.2) is 0 Å². The summed E-state index contributed by atoms with van der Waals surface area (Å²) < 4.78 is -0.675. The summed E-state index contributed by atoms with van der Waals surface area (Å²) in [5.41, 5.74) is 0. The Kier molecular flexibility index (Phi) is 5.59. The van der Waals surface area contributed by atoms with Gasteiger partial charge in [-0.15, -0.1) is 18.3 Å². The number of carbonyl (C=O) groups is 3. The summed E-state index contributed by atoms with van der Waals surface area (Å²) in [6.07, 6.45) is 3.43. The second kappa shape index (κ2) is 7.47. The van der Waals surface area contributed by atoms with E-state index in [4.69, 9.17) is 0 Å². The molecule has 3 aliphatic heterocycles. The Morgan fingerprint density at radius 1 is 1.48 bits per heavy atom. The lowest BCUT2D eigenvalue weighted by Crippen LogP contribution is -2.56. The number of fused-ring (bicyclic) bond motifs is 1. The van der Waals surface area contributed by atoms with Gasteiger partial charge < -0.3 is 20.0 Å². The van der Waals surface area contributed by atoms with Crippen molar-refractivity contribution in [3.05, 3.63) is 12.7 Å². The molecule has 0 aromatic carbocycles. The number of carboxylic acids is 1. The van der Waals surface area contributed by atoms with Crippen molar-refractivity contribution in [2.75, 3.05) is 19.7 Å². The molecule has 0 aromatic rings. The van der Waals surface area contributed by atoms with Crippen LogP contribution in [0.2, 0.25) is 0 Å². The van der Waals surface area contributed by atoms with E-state index in [9.17, 15) is 24.6 Å². The third-order valence-corrected chi connectivity index (χ3v) is 8.06. The lowest BCUT2D eigenvalue weighted by atomic mass is 9.71. The van der Waals surface area contributed by atoms with Crippen LogP contribution in [0.15, 0.2) is 12.7 Å². The molecule has 1 spiro atoms. The van der Waals surface area contributed by atoms with E-state index in [1.54, 1.807) is 15.9 Å². The molecule has 0 radical (unpaired) electrons. The fraction of sp³-hybridized carbons (Fsp3) is 0.737. The molecule has 5 atom stereocenters. The summed E-state index contributed by atoms with van der Waals surface area (Å²) in [6.45, 7) is 8.14. The standard InChI is InChI=1S/C19H28N2O5S/c1-4-8-20(11(2)3)17(24)15-19-7-6-12(27-19)13(18(25)26)14(19)16(23)21(15)9-5-10-22/h4,11-15,22H,1,5-10H2,2-3H3,(H,25,26)/t12-,13+,14+,15?,19?/m1/s1. The zero-order valence-electron chi connectivity index (χ0n) is 15.8. The minimum absolute atomic E-state index is 0.0559.